The van der Waals surface area contributed by atoms with Crippen molar-refractivity contribution in [2.75, 3.05) is 19.6 Å². The van der Waals surface area contributed by atoms with Gasteiger partial charge in [-0.3, -0.25) is 9.59 Å². The van der Waals surface area contributed by atoms with Gasteiger partial charge in [0.2, 0.25) is 11.8 Å². The van der Waals surface area contributed by atoms with E-state index in [0.29, 0.717) is 24.9 Å². The average Bonchev–Trinajstić information content (AvgIpc) is 3.06. The molecule has 0 aliphatic rings. The van der Waals surface area contributed by atoms with E-state index < -0.39 is 0 Å². The van der Waals surface area contributed by atoms with Crippen molar-refractivity contribution < 1.29 is 9.59 Å². The molecule has 0 unspecified atom stereocenters. The number of rotatable bonds is 13. The van der Waals surface area contributed by atoms with E-state index >= 15 is 0 Å². The van der Waals surface area contributed by atoms with Gasteiger partial charge in [0.1, 0.15) is 12.4 Å². The lowest BCUT2D eigenvalue weighted by Crippen LogP contribution is -2.39. The summed E-state index contributed by atoms with van der Waals surface area (Å²) in [5.41, 5.74) is 1.95. The first-order valence-corrected chi connectivity index (χ1v) is 11.4. The van der Waals surface area contributed by atoms with E-state index in [9.17, 15) is 9.59 Å². The van der Waals surface area contributed by atoms with Crippen LogP contribution in [0.25, 0.3) is 11.0 Å². The molecular weight excluding hydrogens is 388 g/mol. The van der Waals surface area contributed by atoms with Gasteiger partial charge in [0.25, 0.3) is 0 Å². The molecule has 31 heavy (non-hydrogen) atoms. The van der Waals surface area contributed by atoms with Crippen molar-refractivity contribution in [2.45, 2.75) is 59.9 Å². The first-order valence-electron chi connectivity index (χ1n) is 11.4. The van der Waals surface area contributed by atoms with Crippen LogP contribution in [0.2, 0.25) is 0 Å². The van der Waals surface area contributed by atoms with Gasteiger partial charge in [-0.15, -0.1) is 0 Å². The van der Waals surface area contributed by atoms with Crippen LogP contribution in [0.4, 0.5) is 0 Å². The molecule has 1 heterocycles. The Morgan fingerprint density at radius 3 is 2.42 bits per heavy atom. The number of amides is 2. The predicted molar refractivity (Wildman–Crippen MR) is 127 cm³/mol. The van der Waals surface area contributed by atoms with Gasteiger partial charge in [0.15, 0.2) is 0 Å². The quantitative estimate of drug-likeness (QED) is 0.386. The molecule has 0 radical (unpaired) electrons. The van der Waals surface area contributed by atoms with Crippen LogP contribution in [0.1, 0.15) is 52.8 Å². The van der Waals surface area contributed by atoms with Gasteiger partial charge in [-0.25, -0.2) is 4.98 Å². The minimum absolute atomic E-state index is 0.132. The van der Waals surface area contributed by atoms with Crippen LogP contribution in [0.3, 0.4) is 0 Å². The van der Waals surface area contributed by atoms with Crippen LogP contribution >= 0.6 is 0 Å². The molecule has 0 bridgehead atoms. The number of carbonyl (C=O) groups is 2. The molecule has 1 aromatic heterocycles. The summed E-state index contributed by atoms with van der Waals surface area (Å²) in [5.74, 6) is 1.84. The standard InChI is InChI=1S/C25H38N4O2/c1-6-24(30)26-15-11-7-8-14-23-27-21-12-9-10-13-22(21)29(23)18-25(31)28(16-19(2)3)17-20(4)5/h6,9-10,12-13,19-20H,1,7-8,11,14-18H2,2-5H3,(H,26,30). The second-order valence-electron chi connectivity index (χ2n) is 9.00. The Labute approximate surface area is 186 Å². The number of carbonyl (C=O) groups excluding carboxylic acids is 2. The average molecular weight is 427 g/mol. The van der Waals surface area contributed by atoms with E-state index in [4.69, 9.17) is 4.98 Å². The third-order valence-corrected chi connectivity index (χ3v) is 5.11. The number of imidazole rings is 1. The van der Waals surface area contributed by atoms with Crippen molar-refractivity contribution in [2.24, 2.45) is 11.8 Å². The number of hydrogen-bond acceptors (Lipinski definition) is 3. The minimum atomic E-state index is -0.132. The van der Waals surface area contributed by atoms with E-state index in [1.165, 1.54) is 6.08 Å². The molecule has 6 nitrogen and oxygen atoms in total. The molecule has 0 spiro atoms. The Balaban J connectivity index is 2.08. The molecule has 2 rings (SSSR count). The van der Waals surface area contributed by atoms with Crippen LogP contribution in [0, 0.1) is 11.8 Å². The smallest absolute Gasteiger partial charge is 0.243 e. The summed E-state index contributed by atoms with van der Waals surface area (Å²) in [6, 6.07) is 8.03. The zero-order valence-corrected chi connectivity index (χ0v) is 19.6. The van der Waals surface area contributed by atoms with E-state index in [-0.39, 0.29) is 11.8 Å². The Morgan fingerprint density at radius 1 is 1.10 bits per heavy atom. The first-order chi connectivity index (χ1) is 14.8. The van der Waals surface area contributed by atoms with Gasteiger partial charge in [0.05, 0.1) is 11.0 Å². The summed E-state index contributed by atoms with van der Waals surface area (Å²) in [4.78, 5) is 31.2. The molecule has 2 aromatic rings. The second kappa shape index (κ2) is 12.3. The molecule has 0 saturated heterocycles. The number of fused-ring (bicyclic) bond motifs is 1. The number of aromatic nitrogens is 2. The van der Waals surface area contributed by atoms with Gasteiger partial charge in [-0.1, -0.05) is 52.8 Å². The normalized spacial score (nSPS) is 11.3. The molecule has 0 atom stereocenters. The van der Waals surface area contributed by atoms with Crippen molar-refractivity contribution in [3.63, 3.8) is 0 Å². The van der Waals surface area contributed by atoms with Crippen molar-refractivity contribution in [3.05, 3.63) is 42.7 Å². The van der Waals surface area contributed by atoms with Gasteiger partial charge < -0.3 is 14.8 Å². The fraction of sp³-hybridized carbons (Fsp3) is 0.560. The molecule has 1 N–H and O–H groups in total. The number of hydrogen-bond donors (Lipinski definition) is 1. The Kier molecular flexibility index (Phi) is 9.76. The number of nitrogens with one attached hydrogen (secondary N) is 1. The summed E-state index contributed by atoms with van der Waals surface area (Å²) in [7, 11) is 0. The van der Waals surface area contributed by atoms with Crippen molar-refractivity contribution in [3.8, 4) is 0 Å². The Bertz CT molecular complexity index is 860. The largest absolute Gasteiger partial charge is 0.353 e. The molecular formula is C25H38N4O2. The summed E-state index contributed by atoms with van der Waals surface area (Å²) in [6.45, 7) is 14.6. The fourth-order valence-corrected chi connectivity index (χ4v) is 3.76. The molecule has 0 aliphatic carbocycles. The third kappa shape index (κ3) is 7.85. The topological polar surface area (TPSA) is 67.2 Å². The van der Waals surface area contributed by atoms with Gasteiger partial charge in [-0.2, -0.15) is 0 Å². The molecule has 6 heteroatoms. The maximum Gasteiger partial charge on any atom is 0.243 e. The highest BCUT2D eigenvalue weighted by molar-refractivity contribution is 5.86. The summed E-state index contributed by atoms with van der Waals surface area (Å²) in [6.07, 6.45) is 4.97. The van der Waals surface area contributed by atoms with Crippen LogP contribution in [0.5, 0.6) is 0 Å². The highest BCUT2D eigenvalue weighted by Crippen LogP contribution is 2.19. The fourth-order valence-electron chi connectivity index (χ4n) is 3.76. The van der Waals surface area contributed by atoms with E-state index in [2.05, 4.69) is 44.2 Å². The molecule has 2 amide bonds. The number of para-hydroxylation sites is 2. The predicted octanol–water partition coefficient (Wildman–Crippen LogP) is 4.19. The van der Waals surface area contributed by atoms with Crippen LogP contribution in [-0.4, -0.2) is 45.9 Å². The summed E-state index contributed by atoms with van der Waals surface area (Å²) in [5, 5.41) is 2.81. The maximum atomic E-state index is 13.2. The molecule has 0 fully saturated rings. The first kappa shape index (κ1) is 24.6. The van der Waals surface area contributed by atoms with Crippen molar-refractivity contribution in [1.29, 1.82) is 0 Å². The van der Waals surface area contributed by atoms with E-state index in [1.807, 2.05) is 29.2 Å². The lowest BCUT2D eigenvalue weighted by molar-refractivity contribution is -0.132. The highest BCUT2D eigenvalue weighted by Gasteiger charge is 2.19. The summed E-state index contributed by atoms with van der Waals surface area (Å²) >= 11 is 0. The van der Waals surface area contributed by atoms with Crippen LogP contribution in [0.15, 0.2) is 36.9 Å². The summed E-state index contributed by atoms with van der Waals surface area (Å²) < 4.78 is 2.09. The minimum Gasteiger partial charge on any atom is -0.353 e. The zero-order valence-electron chi connectivity index (χ0n) is 19.6. The van der Waals surface area contributed by atoms with Gasteiger partial charge in [-0.05, 0) is 42.9 Å². The van der Waals surface area contributed by atoms with Crippen LogP contribution < -0.4 is 5.32 Å². The van der Waals surface area contributed by atoms with E-state index in [0.717, 1.165) is 55.6 Å². The number of nitrogens with zero attached hydrogens (tertiary/aromatic N) is 3. The number of unbranched alkanes of at least 4 members (excludes halogenated alkanes) is 2. The second-order valence-corrected chi connectivity index (χ2v) is 9.00. The lowest BCUT2D eigenvalue weighted by Gasteiger charge is -2.27. The van der Waals surface area contributed by atoms with Gasteiger partial charge >= 0.3 is 0 Å². The van der Waals surface area contributed by atoms with Gasteiger partial charge in [0, 0.05) is 26.1 Å². The number of aryl methyl sites for hydroxylation is 1. The maximum absolute atomic E-state index is 13.2. The Hall–Kier alpha value is -2.63. The van der Waals surface area contributed by atoms with Crippen molar-refractivity contribution in [1.82, 2.24) is 19.8 Å². The highest BCUT2D eigenvalue weighted by atomic mass is 16.2. The molecule has 1 aromatic carbocycles. The third-order valence-electron chi connectivity index (χ3n) is 5.11. The van der Waals surface area contributed by atoms with E-state index in [1.54, 1.807) is 0 Å². The van der Waals surface area contributed by atoms with Crippen molar-refractivity contribution >= 4 is 22.8 Å². The SMILES string of the molecule is C=CC(=O)NCCCCCc1nc2ccccc2n1CC(=O)N(CC(C)C)CC(C)C. The lowest BCUT2D eigenvalue weighted by atomic mass is 10.1. The number of benzene rings is 1. The van der Waals surface area contributed by atoms with Crippen LogP contribution in [-0.2, 0) is 22.6 Å². The Morgan fingerprint density at radius 2 is 1.77 bits per heavy atom. The molecule has 0 aliphatic heterocycles. The molecule has 0 saturated carbocycles. The molecule has 170 valence electrons. The zero-order chi connectivity index (χ0) is 22.8. The monoisotopic (exact) mass is 426 g/mol.